The van der Waals surface area contributed by atoms with Crippen LogP contribution >= 0.6 is 0 Å². The smallest absolute Gasteiger partial charge is 0.308 e. The second kappa shape index (κ2) is 6.50. The molecule has 134 valence electrons. The third kappa shape index (κ3) is 2.90. The normalized spacial score (nSPS) is 29.0. The molecule has 2 aliphatic heterocycles. The van der Waals surface area contributed by atoms with Gasteiger partial charge in [-0.25, -0.2) is 0 Å². The number of benzene rings is 1. The highest BCUT2D eigenvalue weighted by Gasteiger charge is 2.51. The van der Waals surface area contributed by atoms with Gasteiger partial charge in [0.05, 0.1) is 5.92 Å². The van der Waals surface area contributed by atoms with E-state index in [4.69, 9.17) is 0 Å². The molecule has 2 fully saturated rings. The summed E-state index contributed by atoms with van der Waals surface area (Å²) in [4.78, 5) is 40.8. The van der Waals surface area contributed by atoms with Crippen LogP contribution in [0.1, 0.15) is 43.5 Å². The summed E-state index contributed by atoms with van der Waals surface area (Å²) in [5.41, 5.74) is -0.338. The van der Waals surface area contributed by atoms with Crippen molar-refractivity contribution in [2.24, 2.45) is 5.92 Å². The molecule has 3 rings (SSSR count). The summed E-state index contributed by atoms with van der Waals surface area (Å²) in [6.07, 6.45) is 1.84. The third-order valence-corrected chi connectivity index (χ3v) is 5.70. The molecule has 1 N–H and O–H groups in total. The molecule has 2 amide bonds. The number of carbonyl (C=O) groups excluding carboxylic acids is 2. The van der Waals surface area contributed by atoms with Crippen LogP contribution in [0.25, 0.3) is 0 Å². The van der Waals surface area contributed by atoms with Gasteiger partial charge in [0.1, 0.15) is 5.54 Å². The van der Waals surface area contributed by atoms with E-state index in [0.717, 1.165) is 6.42 Å². The van der Waals surface area contributed by atoms with Crippen molar-refractivity contribution in [1.29, 1.82) is 0 Å². The summed E-state index contributed by atoms with van der Waals surface area (Å²) in [5.74, 6) is -1.68. The Morgan fingerprint density at radius 2 is 1.84 bits per heavy atom. The van der Waals surface area contributed by atoms with Gasteiger partial charge in [0.2, 0.25) is 5.91 Å². The molecule has 0 aromatic heterocycles. The molecule has 0 spiro atoms. The Morgan fingerprint density at radius 1 is 1.16 bits per heavy atom. The fraction of sp³-hybridized carbons (Fsp3) is 0.526. The van der Waals surface area contributed by atoms with E-state index in [1.807, 2.05) is 25.1 Å². The average Bonchev–Trinajstić information content (AvgIpc) is 3.18. The average molecular weight is 344 g/mol. The Kier molecular flexibility index (Phi) is 4.54. The SMILES string of the molecule is CC1C(C(=O)O)CCN1C(=O)C1(C)CCCN1C(=O)c1ccccc1. The van der Waals surface area contributed by atoms with E-state index in [1.165, 1.54) is 0 Å². The standard InChI is InChI=1S/C19H24N2O4/c1-13-15(17(23)24)9-12-20(13)18(25)19(2)10-6-11-21(19)16(22)14-7-4-3-5-8-14/h3-5,7-8,13,15H,6,9-12H2,1-2H3,(H,23,24). The molecular weight excluding hydrogens is 320 g/mol. The molecule has 3 atom stereocenters. The molecule has 0 aliphatic carbocycles. The van der Waals surface area contributed by atoms with Gasteiger partial charge in [-0.15, -0.1) is 0 Å². The predicted molar refractivity (Wildman–Crippen MR) is 92.0 cm³/mol. The number of carboxylic acids is 1. The summed E-state index contributed by atoms with van der Waals surface area (Å²) >= 11 is 0. The van der Waals surface area contributed by atoms with Crippen LogP contribution < -0.4 is 0 Å². The van der Waals surface area contributed by atoms with E-state index < -0.39 is 17.4 Å². The maximum atomic E-state index is 13.2. The molecule has 2 heterocycles. The lowest BCUT2D eigenvalue weighted by atomic mass is 9.95. The summed E-state index contributed by atoms with van der Waals surface area (Å²) in [7, 11) is 0. The molecule has 0 saturated carbocycles. The van der Waals surface area contributed by atoms with Crippen LogP contribution in [0, 0.1) is 5.92 Å². The van der Waals surface area contributed by atoms with Gasteiger partial charge in [0.25, 0.3) is 5.91 Å². The van der Waals surface area contributed by atoms with Crippen molar-refractivity contribution in [2.45, 2.75) is 44.7 Å². The number of hydrogen-bond donors (Lipinski definition) is 1. The quantitative estimate of drug-likeness (QED) is 0.910. The second-order valence-corrected chi connectivity index (χ2v) is 7.17. The van der Waals surface area contributed by atoms with E-state index in [1.54, 1.807) is 28.9 Å². The topological polar surface area (TPSA) is 77.9 Å². The van der Waals surface area contributed by atoms with Crippen LogP contribution in [-0.4, -0.2) is 57.4 Å². The minimum Gasteiger partial charge on any atom is -0.481 e. The van der Waals surface area contributed by atoms with E-state index >= 15 is 0 Å². The highest BCUT2D eigenvalue weighted by molar-refractivity contribution is 5.99. The maximum absolute atomic E-state index is 13.2. The second-order valence-electron chi connectivity index (χ2n) is 7.17. The molecule has 1 aromatic rings. The van der Waals surface area contributed by atoms with Crippen molar-refractivity contribution in [1.82, 2.24) is 9.80 Å². The largest absolute Gasteiger partial charge is 0.481 e. The van der Waals surface area contributed by atoms with Crippen molar-refractivity contribution < 1.29 is 19.5 Å². The van der Waals surface area contributed by atoms with Crippen LogP contribution in [0.5, 0.6) is 0 Å². The first-order valence-corrected chi connectivity index (χ1v) is 8.77. The Hall–Kier alpha value is -2.37. The summed E-state index contributed by atoms with van der Waals surface area (Å²) < 4.78 is 0. The van der Waals surface area contributed by atoms with Gasteiger partial charge in [-0.1, -0.05) is 18.2 Å². The molecular formula is C19H24N2O4. The number of likely N-dealkylation sites (tertiary alicyclic amines) is 2. The van der Waals surface area contributed by atoms with Gasteiger partial charge < -0.3 is 14.9 Å². The number of carboxylic acid groups (broad SMARTS) is 1. The van der Waals surface area contributed by atoms with Crippen molar-refractivity contribution in [3.63, 3.8) is 0 Å². The molecule has 1 aromatic carbocycles. The maximum Gasteiger partial charge on any atom is 0.308 e. The molecule has 25 heavy (non-hydrogen) atoms. The number of amides is 2. The molecule has 6 heteroatoms. The fourth-order valence-corrected chi connectivity index (χ4v) is 4.11. The van der Waals surface area contributed by atoms with Crippen LogP contribution in [0.15, 0.2) is 30.3 Å². The van der Waals surface area contributed by atoms with E-state index in [0.29, 0.717) is 31.5 Å². The lowest BCUT2D eigenvalue weighted by Crippen LogP contribution is -2.57. The van der Waals surface area contributed by atoms with Crippen molar-refractivity contribution in [2.75, 3.05) is 13.1 Å². The van der Waals surface area contributed by atoms with Crippen molar-refractivity contribution >= 4 is 17.8 Å². The minimum absolute atomic E-state index is 0.134. The van der Waals surface area contributed by atoms with Gasteiger partial charge in [-0.2, -0.15) is 0 Å². The van der Waals surface area contributed by atoms with Crippen LogP contribution in [-0.2, 0) is 9.59 Å². The Labute approximate surface area is 147 Å². The lowest BCUT2D eigenvalue weighted by Gasteiger charge is -2.38. The van der Waals surface area contributed by atoms with Gasteiger partial charge in [0, 0.05) is 24.7 Å². The molecule has 0 bridgehead atoms. The zero-order valence-corrected chi connectivity index (χ0v) is 14.6. The van der Waals surface area contributed by atoms with Gasteiger partial charge in [-0.3, -0.25) is 14.4 Å². The summed E-state index contributed by atoms with van der Waals surface area (Å²) in [6, 6.07) is 8.62. The van der Waals surface area contributed by atoms with Gasteiger partial charge in [0.15, 0.2) is 0 Å². The van der Waals surface area contributed by atoms with Crippen molar-refractivity contribution in [3.05, 3.63) is 35.9 Å². The van der Waals surface area contributed by atoms with Gasteiger partial charge >= 0.3 is 5.97 Å². The third-order valence-electron chi connectivity index (χ3n) is 5.70. The first kappa shape index (κ1) is 17.5. The minimum atomic E-state index is -0.908. The molecule has 6 nitrogen and oxygen atoms in total. The predicted octanol–water partition coefficient (Wildman–Crippen LogP) is 2.00. The van der Waals surface area contributed by atoms with Crippen LogP contribution in [0.3, 0.4) is 0 Å². The van der Waals surface area contributed by atoms with Gasteiger partial charge in [-0.05, 0) is 45.2 Å². The number of aliphatic carboxylic acids is 1. The highest BCUT2D eigenvalue weighted by Crippen LogP contribution is 2.35. The number of nitrogens with zero attached hydrogens (tertiary/aromatic N) is 2. The molecule has 2 aliphatic rings. The number of carbonyl (C=O) groups is 3. The fourth-order valence-electron chi connectivity index (χ4n) is 4.11. The summed E-state index contributed by atoms with van der Waals surface area (Å²) in [6.45, 7) is 4.57. The van der Waals surface area contributed by atoms with Crippen molar-refractivity contribution in [3.8, 4) is 0 Å². The zero-order chi connectivity index (χ0) is 18.2. The molecule has 2 saturated heterocycles. The lowest BCUT2D eigenvalue weighted by molar-refractivity contribution is -0.145. The first-order chi connectivity index (χ1) is 11.9. The molecule has 3 unspecified atom stereocenters. The zero-order valence-electron chi connectivity index (χ0n) is 14.6. The Bertz CT molecular complexity index is 690. The molecule has 0 radical (unpaired) electrons. The van der Waals surface area contributed by atoms with Crippen LogP contribution in [0.2, 0.25) is 0 Å². The van der Waals surface area contributed by atoms with E-state index in [-0.39, 0.29) is 17.9 Å². The highest BCUT2D eigenvalue weighted by atomic mass is 16.4. The van der Waals surface area contributed by atoms with Crippen LogP contribution in [0.4, 0.5) is 0 Å². The monoisotopic (exact) mass is 344 g/mol. The number of hydrogen-bond acceptors (Lipinski definition) is 3. The number of rotatable bonds is 3. The van der Waals surface area contributed by atoms with E-state index in [2.05, 4.69) is 0 Å². The Morgan fingerprint density at radius 3 is 2.44 bits per heavy atom. The Balaban J connectivity index is 1.83. The first-order valence-electron chi connectivity index (χ1n) is 8.77. The van der Waals surface area contributed by atoms with E-state index in [9.17, 15) is 19.5 Å². The summed E-state index contributed by atoms with van der Waals surface area (Å²) in [5, 5.41) is 9.30.